The fourth-order valence-electron chi connectivity index (χ4n) is 3.20. The molecule has 0 aliphatic carbocycles. The zero-order valence-electron chi connectivity index (χ0n) is 15.0. The number of alkyl halides is 3. The first-order chi connectivity index (χ1) is 13.8. The van der Waals surface area contributed by atoms with E-state index in [1.165, 1.54) is 12.1 Å². The summed E-state index contributed by atoms with van der Waals surface area (Å²) in [4.78, 5) is 16.7. The Hall–Kier alpha value is -3.01. The summed E-state index contributed by atoms with van der Waals surface area (Å²) < 4.78 is 59.9. The van der Waals surface area contributed by atoms with E-state index in [4.69, 9.17) is 4.74 Å². The van der Waals surface area contributed by atoms with Crippen molar-refractivity contribution >= 4 is 11.6 Å². The lowest BCUT2D eigenvalue weighted by atomic mass is 10.1. The first kappa shape index (κ1) is 19.3. The highest BCUT2D eigenvalue weighted by Gasteiger charge is 2.36. The zero-order chi connectivity index (χ0) is 20.6. The van der Waals surface area contributed by atoms with Crippen LogP contribution in [-0.4, -0.2) is 39.8 Å². The van der Waals surface area contributed by atoms with Gasteiger partial charge in [0.1, 0.15) is 11.4 Å². The number of benzene rings is 1. The molecule has 0 spiro atoms. The number of amides is 1. The molecule has 1 atom stereocenters. The van der Waals surface area contributed by atoms with Crippen molar-refractivity contribution in [2.24, 2.45) is 0 Å². The first-order valence-electron chi connectivity index (χ1n) is 8.94. The highest BCUT2D eigenvalue weighted by Crippen LogP contribution is 2.32. The lowest BCUT2D eigenvalue weighted by Crippen LogP contribution is -2.31. The molecule has 4 rings (SSSR count). The molecule has 0 saturated carbocycles. The van der Waals surface area contributed by atoms with E-state index >= 15 is 0 Å². The van der Waals surface area contributed by atoms with Crippen LogP contribution in [0.5, 0.6) is 0 Å². The third kappa shape index (κ3) is 3.93. The Labute approximate surface area is 162 Å². The number of aromatic nitrogens is 3. The number of fused-ring (bicyclic) bond motifs is 1. The third-order valence-corrected chi connectivity index (χ3v) is 4.66. The number of carbonyl (C=O) groups excluding carboxylic acids is 1. The van der Waals surface area contributed by atoms with E-state index in [2.05, 4.69) is 15.4 Å². The van der Waals surface area contributed by atoms with E-state index in [0.717, 1.165) is 37.2 Å². The standard InChI is InChI=1S/C19H16F4N4O2/c20-12-5-3-11(4-6-12)15-8-16(19(21,22)23)27-17(26-15)14(10-25-27)18(28)24-9-13-2-1-7-29-13/h3-6,8,10,13H,1-2,7,9H2,(H,24,28). The molecule has 152 valence electrons. The second-order valence-corrected chi connectivity index (χ2v) is 6.67. The summed E-state index contributed by atoms with van der Waals surface area (Å²) >= 11 is 0. The number of rotatable bonds is 4. The van der Waals surface area contributed by atoms with Gasteiger partial charge >= 0.3 is 6.18 Å². The van der Waals surface area contributed by atoms with E-state index in [1.54, 1.807) is 0 Å². The Balaban J connectivity index is 1.75. The van der Waals surface area contributed by atoms with Crippen LogP contribution in [0.15, 0.2) is 36.5 Å². The number of hydrogen-bond donors (Lipinski definition) is 1. The molecular formula is C19H16F4N4O2. The number of nitrogens with zero attached hydrogens (tertiary/aromatic N) is 3. The maximum Gasteiger partial charge on any atom is 0.433 e. The topological polar surface area (TPSA) is 68.5 Å². The number of carbonyl (C=O) groups is 1. The Morgan fingerprint density at radius 3 is 2.69 bits per heavy atom. The summed E-state index contributed by atoms with van der Waals surface area (Å²) in [6, 6.07) is 5.71. The van der Waals surface area contributed by atoms with Crippen LogP contribution in [0.3, 0.4) is 0 Å². The average molecular weight is 408 g/mol. The molecule has 1 N–H and O–H groups in total. The van der Waals surface area contributed by atoms with Crippen molar-refractivity contribution in [3.05, 3.63) is 53.6 Å². The molecular weight excluding hydrogens is 392 g/mol. The number of halogens is 4. The molecule has 1 aromatic carbocycles. The van der Waals surface area contributed by atoms with E-state index in [0.29, 0.717) is 11.1 Å². The molecule has 6 nitrogen and oxygen atoms in total. The van der Waals surface area contributed by atoms with Crippen molar-refractivity contribution in [3.63, 3.8) is 0 Å². The fourth-order valence-corrected chi connectivity index (χ4v) is 3.20. The molecule has 1 amide bonds. The number of ether oxygens (including phenoxy) is 1. The van der Waals surface area contributed by atoms with E-state index in [-0.39, 0.29) is 35.1 Å². The predicted molar refractivity (Wildman–Crippen MR) is 94.7 cm³/mol. The van der Waals surface area contributed by atoms with E-state index in [9.17, 15) is 22.4 Å². The van der Waals surface area contributed by atoms with Gasteiger partial charge in [0.2, 0.25) is 0 Å². The van der Waals surface area contributed by atoms with Crippen molar-refractivity contribution in [3.8, 4) is 11.3 Å². The molecule has 1 unspecified atom stereocenters. The number of hydrogen-bond acceptors (Lipinski definition) is 4. The molecule has 29 heavy (non-hydrogen) atoms. The maximum absolute atomic E-state index is 13.6. The van der Waals surface area contributed by atoms with Gasteiger partial charge in [-0.15, -0.1) is 0 Å². The van der Waals surface area contributed by atoms with Crippen LogP contribution in [0.1, 0.15) is 28.9 Å². The first-order valence-corrected chi connectivity index (χ1v) is 8.94. The zero-order valence-corrected chi connectivity index (χ0v) is 15.0. The Kier molecular flexibility index (Phi) is 4.95. The molecule has 10 heteroatoms. The van der Waals surface area contributed by atoms with Crippen LogP contribution in [0, 0.1) is 5.82 Å². The van der Waals surface area contributed by atoms with Crippen LogP contribution >= 0.6 is 0 Å². The molecule has 3 heterocycles. The molecule has 1 aliphatic rings. The lowest BCUT2D eigenvalue weighted by molar-refractivity contribution is -0.142. The van der Waals surface area contributed by atoms with Crippen molar-refractivity contribution in [2.45, 2.75) is 25.1 Å². The third-order valence-electron chi connectivity index (χ3n) is 4.66. The maximum atomic E-state index is 13.6. The molecule has 1 saturated heterocycles. The molecule has 0 radical (unpaired) electrons. The summed E-state index contributed by atoms with van der Waals surface area (Å²) in [7, 11) is 0. The van der Waals surface area contributed by atoms with Gasteiger partial charge in [0.15, 0.2) is 11.3 Å². The van der Waals surface area contributed by atoms with E-state index < -0.39 is 23.6 Å². The van der Waals surface area contributed by atoms with E-state index in [1.807, 2.05) is 0 Å². The summed E-state index contributed by atoms with van der Waals surface area (Å²) in [6.07, 6.45) is -2.09. The van der Waals surface area contributed by atoms with Crippen molar-refractivity contribution in [1.82, 2.24) is 19.9 Å². The summed E-state index contributed by atoms with van der Waals surface area (Å²) in [5.41, 5.74) is -1.16. The van der Waals surface area contributed by atoms with Gasteiger partial charge in [-0.3, -0.25) is 4.79 Å². The summed E-state index contributed by atoms with van der Waals surface area (Å²) in [6.45, 7) is 0.870. The van der Waals surface area contributed by atoms with Crippen LogP contribution in [0.25, 0.3) is 16.9 Å². The molecule has 1 fully saturated rings. The highest BCUT2D eigenvalue weighted by atomic mass is 19.4. The monoisotopic (exact) mass is 408 g/mol. The molecule has 1 aliphatic heterocycles. The van der Waals surface area contributed by atoms with Gasteiger partial charge in [-0.1, -0.05) is 0 Å². The quantitative estimate of drug-likeness (QED) is 0.672. The SMILES string of the molecule is O=C(NCC1CCCO1)c1cnn2c(C(F)(F)F)cc(-c3ccc(F)cc3)nc12. The number of nitrogens with one attached hydrogen (secondary N) is 1. The second kappa shape index (κ2) is 7.43. The highest BCUT2D eigenvalue weighted by molar-refractivity contribution is 5.99. The Morgan fingerprint density at radius 1 is 1.28 bits per heavy atom. The van der Waals surface area contributed by atoms with Crippen LogP contribution in [-0.2, 0) is 10.9 Å². The van der Waals surface area contributed by atoms with Crippen molar-refractivity contribution < 1.29 is 27.1 Å². The molecule has 2 aromatic heterocycles. The minimum absolute atomic E-state index is 0.0431. The predicted octanol–water partition coefficient (Wildman–Crippen LogP) is 3.46. The van der Waals surface area contributed by atoms with Gasteiger partial charge in [0.05, 0.1) is 18.0 Å². The van der Waals surface area contributed by atoms with Gasteiger partial charge in [-0.2, -0.15) is 18.3 Å². The van der Waals surface area contributed by atoms with Gasteiger partial charge in [-0.25, -0.2) is 13.9 Å². The second-order valence-electron chi connectivity index (χ2n) is 6.67. The largest absolute Gasteiger partial charge is 0.433 e. The van der Waals surface area contributed by atoms with Crippen molar-refractivity contribution in [2.75, 3.05) is 13.2 Å². The normalized spacial score (nSPS) is 17.0. The minimum atomic E-state index is -4.73. The molecule has 3 aromatic rings. The summed E-state index contributed by atoms with van der Waals surface area (Å²) in [5.74, 6) is -1.11. The van der Waals surface area contributed by atoms with Crippen LogP contribution in [0.2, 0.25) is 0 Å². The lowest BCUT2D eigenvalue weighted by Gasteiger charge is -2.12. The van der Waals surface area contributed by atoms with Gasteiger partial charge in [-0.05, 0) is 43.2 Å². The van der Waals surface area contributed by atoms with Crippen LogP contribution in [0.4, 0.5) is 17.6 Å². The Bertz CT molecular complexity index is 1040. The summed E-state index contributed by atoms with van der Waals surface area (Å²) in [5, 5.41) is 6.37. The van der Waals surface area contributed by atoms with Crippen molar-refractivity contribution in [1.29, 1.82) is 0 Å². The Morgan fingerprint density at radius 2 is 2.03 bits per heavy atom. The van der Waals surface area contributed by atoms with Gasteiger partial charge in [0.25, 0.3) is 5.91 Å². The minimum Gasteiger partial charge on any atom is -0.376 e. The fraction of sp³-hybridized carbons (Fsp3) is 0.316. The van der Waals surface area contributed by atoms with Gasteiger partial charge < -0.3 is 10.1 Å². The smallest absolute Gasteiger partial charge is 0.376 e. The average Bonchev–Trinajstić information content (AvgIpc) is 3.35. The molecule has 0 bridgehead atoms. The van der Waals surface area contributed by atoms with Crippen LogP contribution < -0.4 is 5.32 Å². The van der Waals surface area contributed by atoms with Gasteiger partial charge in [0, 0.05) is 18.7 Å².